The highest BCUT2D eigenvalue weighted by Crippen LogP contribution is 2.13. The van der Waals surface area contributed by atoms with E-state index in [2.05, 4.69) is 5.32 Å². The summed E-state index contributed by atoms with van der Waals surface area (Å²) in [6.45, 7) is 5.22. The highest BCUT2D eigenvalue weighted by atomic mass is 16.5. The van der Waals surface area contributed by atoms with E-state index in [0.717, 1.165) is 5.69 Å². The number of amides is 1. The first-order valence-corrected chi connectivity index (χ1v) is 5.35. The lowest BCUT2D eigenvalue weighted by Gasteiger charge is -2.11. The number of hydrogen-bond acceptors (Lipinski definition) is 3. The van der Waals surface area contributed by atoms with Crippen molar-refractivity contribution in [3.8, 4) is 0 Å². The Kier molecular flexibility index (Phi) is 4.79. The average molecular weight is 222 g/mol. The molecule has 4 nitrogen and oxygen atoms in total. The number of carbonyl (C=O) groups is 1. The molecule has 1 amide bonds. The molecule has 0 saturated carbocycles. The fraction of sp³-hybridized carbons (Fsp3) is 0.417. The molecule has 4 heteroatoms. The zero-order chi connectivity index (χ0) is 12.0. The third-order valence-corrected chi connectivity index (χ3v) is 2.06. The summed E-state index contributed by atoms with van der Waals surface area (Å²) in [6, 6.07) is 7.18. The van der Waals surface area contributed by atoms with Crippen molar-refractivity contribution >= 4 is 11.6 Å². The molecular formula is C12H18N2O2. The van der Waals surface area contributed by atoms with Crippen molar-refractivity contribution in [1.29, 1.82) is 0 Å². The van der Waals surface area contributed by atoms with Gasteiger partial charge in [0.2, 0.25) is 0 Å². The van der Waals surface area contributed by atoms with Gasteiger partial charge in [0.15, 0.2) is 0 Å². The Labute approximate surface area is 95.8 Å². The number of benzene rings is 1. The van der Waals surface area contributed by atoms with Crippen molar-refractivity contribution in [3.05, 3.63) is 29.8 Å². The summed E-state index contributed by atoms with van der Waals surface area (Å²) in [6.07, 6.45) is 0.216. The van der Waals surface area contributed by atoms with E-state index in [1.165, 1.54) is 0 Å². The van der Waals surface area contributed by atoms with Crippen molar-refractivity contribution in [2.45, 2.75) is 20.0 Å². The van der Waals surface area contributed by atoms with Gasteiger partial charge in [-0.2, -0.15) is 0 Å². The van der Waals surface area contributed by atoms with E-state index in [1.54, 1.807) is 12.1 Å². The Bertz CT molecular complexity index is 351. The van der Waals surface area contributed by atoms with Gasteiger partial charge in [-0.15, -0.1) is 0 Å². The van der Waals surface area contributed by atoms with E-state index in [1.807, 2.05) is 26.0 Å². The molecular weight excluding hydrogens is 204 g/mol. The number of nitrogens with two attached hydrogens (primary N) is 1. The van der Waals surface area contributed by atoms with Gasteiger partial charge in [-0.05, 0) is 26.0 Å². The number of nitrogens with one attached hydrogen (secondary N) is 1. The van der Waals surface area contributed by atoms with Crippen LogP contribution in [0, 0.1) is 0 Å². The Morgan fingerprint density at radius 2 is 2.12 bits per heavy atom. The molecule has 0 atom stereocenters. The predicted octanol–water partition coefficient (Wildman–Crippen LogP) is 1.62. The van der Waals surface area contributed by atoms with Gasteiger partial charge in [0, 0.05) is 12.2 Å². The number of carbonyl (C=O) groups excluding carboxylic acids is 1. The molecule has 1 rings (SSSR count). The SMILES string of the molecule is CC(C)OCCNc1ccccc1C(N)=O. The van der Waals surface area contributed by atoms with Crippen LogP contribution in [0.25, 0.3) is 0 Å². The van der Waals surface area contributed by atoms with E-state index in [9.17, 15) is 4.79 Å². The molecule has 0 heterocycles. The second kappa shape index (κ2) is 6.12. The molecule has 1 aromatic rings. The normalized spacial score (nSPS) is 10.4. The van der Waals surface area contributed by atoms with Crippen molar-refractivity contribution in [2.24, 2.45) is 5.73 Å². The van der Waals surface area contributed by atoms with Gasteiger partial charge in [-0.3, -0.25) is 4.79 Å². The smallest absolute Gasteiger partial charge is 0.250 e. The van der Waals surface area contributed by atoms with Crippen LogP contribution in [0.5, 0.6) is 0 Å². The molecule has 0 bridgehead atoms. The number of para-hydroxylation sites is 1. The average Bonchev–Trinajstić information content (AvgIpc) is 2.24. The minimum atomic E-state index is -0.423. The second-order valence-corrected chi connectivity index (χ2v) is 3.76. The van der Waals surface area contributed by atoms with E-state index in [4.69, 9.17) is 10.5 Å². The zero-order valence-electron chi connectivity index (χ0n) is 9.69. The maximum Gasteiger partial charge on any atom is 0.250 e. The summed E-state index contributed by atoms with van der Waals surface area (Å²) in [5, 5.41) is 3.12. The molecule has 0 aromatic heterocycles. The van der Waals surface area contributed by atoms with Crippen LogP contribution >= 0.6 is 0 Å². The first-order valence-electron chi connectivity index (χ1n) is 5.35. The number of primary amides is 1. The highest BCUT2D eigenvalue weighted by Gasteiger charge is 2.05. The maximum atomic E-state index is 11.1. The summed E-state index contributed by atoms with van der Waals surface area (Å²) in [5.41, 5.74) is 6.52. The maximum absolute atomic E-state index is 11.1. The number of ether oxygens (including phenoxy) is 1. The van der Waals surface area contributed by atoms with Crippen molar-refractivity contribution in [1.82, 2.24) is 0 Å². The summed E-state index contributed by atoms with van der Waals surface area (Å²) < 4.78 is 5.39. The van der Waals surface area contributed by atoms with Crippen LogP contribution in [-0.2, 0) is 4.74 Å². The third-order valence-electron chi connectivity index (χ3n) is 2.06. The van der Waals surface area contributed by atoms with Gasteiger partial charge < -0.3 is 15.8 Å². The summed E-state index contributed by atoms with van der Waals surface area (Å²) in [7, 11) is 0. The molecule has 0 saturated heterocycles. The van der Waals surface area contributed by atoms with E-state index < -0.39 is 5.91 Å². The zero-order valence-corrected chi connectivity index (χ0v) is 9.69. The van der Waals surface area contributed by atoms with Gasteiger partial charge in [0.25, 0.3) is 5.91 Å². The van der Waals surface area contributed by atoms with Crippen LogP contribution in [0.4, 0.5) is 5.69 Å². The van der Waals surface area contributed by atoms with E-state index in [0.29, 0.717) is 18.7 Å². The topological polar surface area (TPSA) is 64.3 Å². The van der Waals surface area contributed by atoms with E-state index in [-0.39, 0.29) is 6.10 Å². The Balaban J connectivity index is 2.50. The van der Waals surface area contributed by atoms with Gasteiger partial charge in [0.05, 0.1) is 18.3 Å². The molecule has 0 aliphatic heterocycles. The molecule has 0 radical (unpaired) electrons. The lowest BCUT2D eigenvalue weighted by molar-refractivity contribution is 0.0869. The number of anilines is 1. The lowest BCUT2D eigenvalue weighted by atomic mass is 10.1. The van der Waals surface area contributed by atoms with Crippen LogP contribution in [0.15, 0.2) is 24.3 Å². The molecule has 0 aliphatic rings. The predicted molar refractivity (Wildman–Crippen MR) is 64.5 cm³/mol. The fourth-order valence-electron chi connectivity index (χ4n) is 1.33. The quantitative estimate of drug-likeness (QED) is 0.719. The second-order valence-electron chi connectivity index (χ2n) is 3.76. The monoisotopic (exact) mass is 222 g/mol. The number of rotatable bonds is 6. The third kappa shape index (κ3) is 3.90. The van der Waals surface area contributed by atoms with Gasteiger partial charge in [-0.25, -0.2) is 0 Å². The molecule has 0 spiro atoms. The minimum absolute atomic E-state index is 0.216. The van der Waals surface area contributed by atoms with Crippen molar-refractivity contribution in [2.75, 3.05) is 18.5 Å². The molecule has 16 heavy (non-hydrogen) atoms. The molecule has 88 valence electrons. The van der Waals surface area contributed by atoms with Crippen molar-refractivity contribution in [3.63, 3.8) is 0 Å². The summed E-state index contributed by atoms with van der Waals surface area (Å²) in [5.74, 6) is -0.423. The van der Waals surface area contributed by atoms with Gasteiger partial charge in [0.1, 0.15) is 0 Å². The fourth-order valence-corrected chi connectivity index (χ4v) is 1.33. The van der Waals surface area contributed by atoms with E-state index >= 15 is 0 Å². The molecule has 0 fully saturated rings. The highest BCUT2D eigenvalue weighted by molar-refractivity contribution is 5.98. The van der Waals surface area contributed by atoms with Gasteiger partial charge in [-0.1, -0.05) is 12.1 Å². The standard InChI is InChI=1S/C12H18N2O2/c1-9(2)16-8-7-14-11-6-4-3-5-10(11)12(13)15/h3-6,9,14H,7-8H2,1-2H3,(H2,13,15). The van der Waals surface area contributed by atoms with Crippen molar-refractivity contribution < 1.29 is 9.53 Å². The van der Waals surface area contributed by atoms with Crippen LogP contribution < -0.4 is 11.1 Å². The van der Waals surface area contributed by atoms with Crippen LogP contribution in [0.2, 0.25) is 0 Å². The first-order chi connectivity index (χ1) is 7.61. The Morgan fingerprint density at radius 1 is 1.44 bits per heavy atom. The van der Waals surface area contributed by atoms with Crippen LogP contribution in [0.3, 0.4) is 0 Å². The molecule has 1 aromatic carbocycles. The van der Waals surface area contributed by atoms with Crippen LogP contribution in [-0.4, -0.2) is 25.2 Å². The summed E-state index contributed by atoms with van der Waals surface area (Å²) >= 11 is 0. The lowest BCUT2D eigenvalue weighted by Crippen LogP contribution is -2.17. The molecule has 3 N–H and O–H groups in total. The van der Waals surface area contributed by atoms with Gasteiger partial charge >= 0.3 is 0 Å². The largest absolute Gasteiger partial charge is 0.382 e. The molecule has 0 aliphatic carbocycles. The Morgan fingerprint density at radius 3 is 2.75 bits per heavy atom. The summed E-state index contributed by atoms with van der Waals surface area (Å²) in [4.78, 5) is 11.1. The number of hydrogen-bond donors (Lipinski definition) is 2. The minimum Gasteiger partial charge on any atom is -0.382 e. The first kappa shape index (κ1) is 12.5. The molecule has 0 unspecified atom stereocenters. The Hall–Kier alpha value is -1.55. The van der Waals surface area contributed by atoms with Crippen LogP contribution in [0.1, 0.15) is 24.2 Å².